The summed E-state index contributed by atoms with van der Waals surface area (Å²) < 4.78 is 4.99. The number of rotatable bonds is 5. The molecular weight excluding hydrogens is 316 g/mol. The maximum absolute atomic E-state index is 12.2. The summed E-state index contributed by atoms with van der Waals surface area (Å²) in [5, 5.41) is 20.1. The van der Waals surface area contributed by atoms with E-state index in [-0.39, 0.29) is 34.8 Å². The van der Waals surface area contributed by atoms with E-state index >= 15 is 0 Å². The van der Waals surface area contributed by atoms with Crippen molar-refractivity contribution in [1.82, 2.24) is 4.98 Å². The fraction of sp³-hybridized carbons (Fsp3) is 0.188. The number of carboxylic acids is 1. The number of pyridine rings is 1. The van der Waals surface area contributed by atoms with Crippen LogP contribution in [-0.2, 0) is 4.74 Å². The second-order valence-electron chi connectivity index (χ2n) is 4.85. The highest BCUT2D eigenvalue weighted by atomic mass is 16.6. The van der Waals surface area contributed by atoms with Crippen molar-refractivity contribution in [3.63, 3.8) is 0 Å². The number of nitro groups is 1. The molecule has 0 spiro atoms. The normalized spacial score (nSPS) is 10.2. The lowest BCUT2D eigenvalue weighted by Crippen LogP contribution is -2.13. The Hall–Kier alpha value is -3.29. The van der Waals surface area contributed by atoms with Crippen LogP contribution >= 0.6 is 0 Å². The van der Waals surface area contributed by atoms with Gasteiger partial charge in [0.1, 0.15) is 5.69 Å². The van der Waals surface area contributed by atoms with Gasteiger partial charge < -0.3 is 9.84 Å². The van der Waals surface area contributed by atoms with Gasteiger partial charge in [0, 0.05) is 17.7 Å². The van der Waals surface area contributed by atoms with Gasteiger partial charge in [0.05, 0.1) is 22.8 Å². The average Bonchev–Trinajstić information content (AvgIpc) is 2.54. The molecule has 24 heavy (non-hydrogen) atoms. The molecule has 2 rings (SSSR count). The number of esters is 1. The summed E-state index contributed by atoms with van der Waals surface area (Å²) in [6.07, 6.45) is 0. The number of carboxylic acid groups (broad SMARTS) is 1. The van der Waals surface area contributed by atoms with Crippen LogP contribution in [0.25, 0.3) is 11.1 Å². The quantitative estimate of drug-likeness (QED) is 0.508. The SMILES string of the molecule is CCOC(=O)c1c(-c2cccc([N+](=O)[O-])c2)cc(C(=O)O)nc1C. The lowest BCUT2D eigenvalue weighted by molar-refractivity contribution is -0.384. The minimum atomic E-state index is -1.26. The smallest absolute Gasteiger partial charge is 0.354 e. The number of ether oxygens (including phenoxy) is 1. The summed E-state index contributed by atoms with van der Waals surface area (Å²) in [5.41, 5.74) is 0.384. The van der Waals surface area contributed by atoms with Crippen molar-refractivity contribution < 1.29 is 24.4 Å². The molecule has 0 aliphatic carbocycles. The molecule has 0 radical (unpaired) electrons. The number of non-ortho nitro benzene ring substituents is 1. The van der Waals surface area contributed by atoms with E-state index in [0.29, 0.717) is 5.56 Å². The first kappa shape index (κ1) is 17.1. The highest BCUT2D eigenvalue weighted by molar-refractivity contribution is 6.00. The van der Waals surface area contributed by atoms with E-state index in [1.807, 2.05) is 0 Å². The van der Waals surface area contributed by atoms with Crippen molar-refractivity contribution in [2.24, 2.45) is 0 Å². The maximum Gasteiger partial charge on any atom is 0.354 e. The molecule has 0 aliphatic rings. The molecule has 1 N–H and O–H groups in total. The van der Waals surface area contributed by atoms with Crippen LogP contribution in [0, 0.1) is 17.0 Å². The molecule has 0 atom stereocenters. The fourth-order valence-corrected chi connectivity index (χ4v) is 2.26. The number of aryl methyl sites for hydroxylation is 1. The molecule has 124 valence electrons. The van der Waals surface area contributed by atoms with E-state index in [2.05, 4.69) is 4.98 Å². The molecule has 0 saturated carbocycles. The maximum atomic E-state index is 12.2. The summed E-state index contributed by atoms with van der Waals surface area (Å²) in [6.45, 7) is 3.26. The topological polar surface area (TPSA) is 120 Å². The van der Waals surface area contributed by atoms with Crippen LogP contribution < -0.4 is 0 Å². The highest BCUT2D eigenvalue weighted by Crippen LogP contribution is 2.29. The molecule has 2 aromatic rings. The van der Waals surface area contributed by atoms with Crippen molar-refractivity contribution in [2.45, 2.75) is 13.8 Å². The Bertz CT molecular complexity index is 831. The molecule has 0 amide bonds. The van der Waals surface area contributed by atoms with Crippen molar-refractivity contribution in [3.8, 4) is 11.1 Å². The lowest BCUT2D eigenvalue weighted by atomic mass is 9.97. The van der Waals surface area contributed by atoms with Crippen LogP contribution in [0.4, 0.5) is 5.69 Å². The van der Waals surface area contributed by atoms with Gasteiger partial charge in [-0.3, -0.25) is 10.1 Å². The summed E-state index contributed by atoms with van der Waals surface area (Å²) in [6, 6.07) is 6.79. The Morgan fingerprint density at radius 2 is 2.04 bits per heavy atom. The van der Waals surface area contributed by atoms with E-state index in [4.69, 9.17) is 9.84 Å². The van der Waals surface area contributed by atoms with Gasteiger partial charge in [0.15, 0.2) is 0 Å². The fourth-order valence-electron chi connectivity index (χ4n) is 2.26. The van der Waals surface area contributed by atoms with Crippen molar-refractivity contribution >= 4 is 17.6 Å². The Kier molecular flexibility index (Phi) is 4.88. The lowest BCUT2D eigenvalue weighted by Gasteiger charge is -2.12. The molecule has 0 aliphatic heterocycles. The number of hydrogen-bond acceptors (Lipinski definition) is 6. The van der Waals surface area contributed by atoms with Crippen LogP contribution in [0.5, 0.6) is 0 Å². The van der Waals surface area contributed by atoms with Gasteiger partial charge in [-0.1, -0.05) is 12.1 Å². The van der Waals surface area contributed by atoms with Gasteiger partial charge in [-0.05, 0) is 25.5 Å². The van der Waals surface area contributed by atoms with Gasteiger partial charge in [0.2, 0.25) is 0 Å². The predicted molar refractivity (Wildman–Crippen MR) is 84.0 cm³/mol. The molecule has 0 saturated heterocycles. The number of aromatic nitrogens is 1. The highest BCUT2D eigenvalue weighted by Gasteiger charge is 2.22. The van der Waals surface area contributed by atoms with Gasteiger partial charge >= 0.3 is 11.9 Å². The van der Waals surface area contributed by atoms with Crippen molar-refractivity contribution in [1.29, 1.82) is 0 Å². The third-order valence-electron chi connectivity index (χ3n) is 3.27. The van der Waals surface area contributed by atoms with Crippen LogP contribution in [0.1, 0.15) is 33.5 Å². The van der Waals surface area contributed by atoms with E-state index in [1.54, 1.807) is 13.0 Å². The van der Waals surface area contributed by atoms with Crippen LogP contribution in [0.2, 0.25) is 0 Å². The van der Waals surface area contributed by atoms with Gasteiger partial charge in [-0.2, -0.15) is 0 Å². The zero-order chi connectivity index (χ0) is 17.9. The Labute approximate surface area is 136 Å². The number of aromatic carboxylic acids is 1. The number of nitro benzene ring substituents is 1. The second kappa shape index (κ2) is 6.86. The molecule has 0 unspecified atom stereocenters. The summed E-state index contributed by atoms with van der Waals surface area (Å²) in [7, 11) is 0. The van der Waals surface area contributed by atoms with E-state index in [1.165, 1.54) is 31.2 Å². The summed E-state index contributed by atoms with van der Waals surface area (Å²) in [4.78, 5) is 37.7. The number of carbonyl (C=O) groups is 2. The Balaban J connectivity index is 2.73. The van der Waals surface area contributed by atoms with E-state index < -0.39 is 16.9 Å². The molecule has 1 aromatic heterocycles. The molecule has 1 heterocycles. The van der Waals surface area contributed by atoms with Crippen LogP contribution in [0.3, 0.4) is 0 Å². The van der Waals surface area contributed by atoms with Gasteiger partial charge in [0.25, 0.3) is 5.69 Å². The third kappa shape index (κ3) is 3.37. The van der Waals surface area contributed by atoms with E-state index in [9.17, 15) is 19.7 Å². The van der Waals surface area contributed by atoms with Crippen molar-refractivity contribution in [2.75, 3.05) is 6.61 Å². The van der Waals surface area contributed by atoms with Crippen LogP contribution in [0.15, 0.2) is 30.3 Å². The number of benzene rings is 1. The zero-order valence-electron chi connectivity index (χ0n) is 13.0. The van der Waals surface area contributed by atoms with Gasteiger partial charge in [-0.25, -0.2) is 14.6 Å². The molecule has 8 heteroatoms. The molecule has 8 nitrogen and oxygen atoms in total. The Morgan fingerprint density at radius 3 is 2.62 bits per heavy atom. The monoisotopic (exact) mass is 330 g/mol. The minimum absolute atomic E-state index is 0.0855. The number of hydrogen-bond donors (Lipinski definition) is 1. The first-order valence-electron chi connectivity index (χ1n) is 7.02. The summed E-state index contributed by atoms with van der Waals surface area (Å²) >= 11 is 0. The van der Waals surface area contributed by atoms with Gasteiger partial charge in [-0.15, -0.1) is 0 Å². The van der Waals surface area contributed by atoms with E-state index in [0.717, 1.165) is 0 Å². The molecule has 1 aromatic carbocycles. The molecular formula is C16H14N2O6. The third-order valence-corrected chi connectivity index (χ3v) is 3.27. The minimum Gasteiger partial charge on any atom is -0.477 e. The van der Waals surface area contributed by atoms with Crippen LogP contribution in [-0.4, -0.2) is 33.6 Å². The first-order valence-corrected chi connectivity index (χ1v) is 7.02. The first-order chi connectivity index (χ1) is 11.3. The second-order valence-corrected chi connectivity index (χ2v) is 4.85. The van der Waals surface area contributed by atoms with Crippen molar-refractivity contribution in [3.05, 3.63) is 57.4 Å². The molecule has 0 bridgehead atoms. The largest absolute Gasteiger partial charge is 0.477 e. The number of nitrogens with zero attached hydrogens (tertiary/aromatic N) is 2. The Morgan fingerprint density at radius 1 is 1.33 bits per heavy atom. The molecule has 0 fully saturated rings. The zero-order valence-corrected chi connectivity index (χ0v) is 13.0. The standard InChI is InChI=1S/C16H14N2O6/c1-3-24-16(21)14-9(2)17-13(15(19)20)8-12(14)10-5-4-6-11(7-10)18(22)23/h4-8H,3H2,1-2H3,(H,19,20). The predicted octanol–water partition coefficient (Wildman–Crippen LogP) is 2.84. The average molecular weight is 330 g/mol. The summed E-state index contributed by atoms with van der Waals surface area (Å²) in [5.74, 6) is -1.93. The number of carbonyl (C=O) groups excluding carboxylic acids is 1.